The van der Waals surface area contributed by atoms with Crippen molar-refractivity contribution in [1.82, 2.24) is 0 Å². The van der Waals surface area contributed by atoms with Crippen molar-refractivity contribution in [2.45, 2.75) is 0 Å². The van der Waals surface area contributed by atoms with E-state index in [-0.39, 0.29) is 5.82 Å². The van der Waals surface area contributed by atoms with Crippen LogP contribution in [-0.2, 0) is 0 Å². The van der Waals surface area contributed by atoms with E-state index in [2.05, 4.69) is 4.99 Å². The van der Waals surface area contributed by atoms with Gasteiger partial charge in [0.05, 0.1) is 5.69 Å². The van der Waals surface area contributed by atoms with E-state index in [1.165, 1.54) is 6.07 Å². The molecule has 80 valence electrons. The molecule has 0 fully saturated rings. The van der Waals surface area contributed by atoms with Crippen LogP contribution in [0.4, 0.5) is 10.1 Å². The molecular weight excluding hydrogens is 225 g/mol. The second kappa shape index (κ2) is 4.90. The molecule has 0 aliphatic carbocycles. The Bertz CT molecular complexity index is 523. The Labute approximate surface area is 98.2 Å². The number of aliphatic imine (C=N–C) groups is 1. The highest BCUT2D eigenvalue weighted by molar-refractivity contribution is 6.30. The third kappa shape index (κ3) is 2.67. The summed E-state index contributed by atoms with van der Waals surface area (Å²) < 4.78 is 13.2. The zero-order chi connectivity index (χ0) is 11.4. The fourth-order valence-electron chi connectivity index (χ4n) is 1.29. The first-order valence-electron chi connectivity index (χ1n) is 4.80. The Morgan fingerprint density at radius 2 is 1.88 bits per heavy atom. The highest BCUT2D eigenvalue weighted by Crippen LogP contribution is 2.16. The molecule has 16 heavy (non-hydrogen) atoms. The Kier molecular flexibility index (Phi) is 3.32. The fraction of sp³-hybridized carbons (Fsp3) is 0. The molecule has 0 radical (unpaired) electrons. The lowest BCUT2D eigenvalue weighted by molar-refractivity contribution is 0.630. The number of rotatable bonds is 2. The highest BCUT2D eigenvalue weighted by Gasteiger charge is 1.96. The summed E-state index contributed by atoms with van der Waals surface area (Å²) >= 11 is 5.82. The average molecular weight is 234 g/mol. The molecule has 0 unspecified atom stereocenters. The second-order valence-electron chi connectivity index (χ2n) is 3.26. The van der Waals surface area contributed by atoms with Crippen molar-refractivity contribution in [2.75, 3.05) is 0 Å². The Balaban J connectivity index is 2.25. The van der Waals surface area contributed by atoms with Gasteiger partial charge in [0.2, 0.25) is 0 Å². The molecule has 0 bridgehead atoms. The molecule has 2 aromatic rings. The van der Waals surface area contributed by atoms with Gasteiger partial charge in [-0.2, -0.15) is 0 Å². The standard InChI is InChI=1S/C13H9ClFN/c14-11-5-3-4-10(8-11)9-16-13-7-2-1-6-12(13)15/h1-9H/b16-9+. The second-order valence-corrected chi connectivity index (χ2v) is 3.70. The molecule has 0 atom stereocenters. The van der Waals surface area contributed by atoms with E-state index in [0.717, 1.165) is 5.56 Å². The van der Waals surface area contributed by atoms with Crippen molar-refractivity contribution in [2.24, 2.45) is 4.99 Å². The van der Waals surface area contributed by atoms with E-state index < -0.39 is 0 Å². The summed E-state index contributed by atoms with van der Waals surface area (Å²) in [6.45, 7) is 0. The van der Waals surface area contributed by atoms with Crippen LogP contribution in [0.1, 0.15) is 5.56 Å². The zero-order valence-electron chi connectivity index (χ0n) is 8.40. The molecule has 0 aliphatic heterocycles. The van der Waals surface area contributed by atoms with Gasteiger partial charge in [0.25, 0.3) is 0 Å². The van der Waals surface area contributed by atoms with Crippen molar-refractivity contribution in [1.29, 1.82) is 0 Å². The maximum absolute atomic E-state index is 13.2. The van der Waals surface area contributed by atoms with Crippen molar-refractivity contribution in [3.63, 3.8) is 0 Å². The number of halogens is 2. The predicted molar refractivity (Wildman–Crippen MR) is 65.1 cm³/mol. The lowest BCUT2D eigenvalue weighted by Crippen LogP contribution is -1.81. The molecule has 2 rings (SSSR count). The van der Waals surface area contributed by atoms with Crippen LogP contribution in [0.5, 0.6) is 0 Å². The SMILES string of the molecule is Fc1ccccc1/N=C/c1cccc(Cl)c1. The predicted octanol–water partition coefficient (Wildman–Crippen LogP) is 4.23. The van der Waals surface area contributed by atoms with Crippen LogP contribution in [-0.4, -0.2) is 6.21 Å². The number of benzene rings is 2. The van der Waals surface area contributed by atoms with Gasteiger partial charge in [0.15, 0.2) is 0 Å². The van der Waals surface area contributed by atoms with Crippen LogP contribution >= 0.6 is 11.6 Å². The molecule has 0 saturated carbocycles. The number of nitrogens with zero attached hydrogens (tertiary/aromatic N) is 1. The third-order valence-electron chi connectivity index (χ3n) is 2.05. The molecule has 2 aromatic carbocycles. The quantitative estimate of drug-likeness (QED) is 0.689. The maximum Gasteiger partial charge on any atom is 0.148 e. The molecule has 0 heterocycles. The van der Waals surface area contributed by atoms with Crippen LogP contribution in [0.25, 0.3) is 0 Å². The summed E-state index contributed by atoms with van der Waals surface area (Å²) in [5, 5.41) is 0.637. The van der Waals surface area contributed by atoms with E-state index in [1.54, 1.807) is 36.5 Å². The van der Waals surface area contributed by atoms with Crippen LogP contribution in [0.15, 0.2) is 53.5 Å². The van der Waals surface area contributed by atoms with E-state index in [4.69, 9.17) is 11.6 Å². The lowest BCUT2D eigenvalue weighted by atomic mass is 10.2. The van der Waals surface area contributed by atoms with Gasteiger partial charge in [-0.05, 0) is 29.8 Å². The van der Waals surface area contributed by atoms with Gasteiger partial charge in [0, 0.05) is 11.2 Å². The summed E-state index contributed by atoms with van der Waals surface area (Å²) in [6, 6.07) is 13.6. The lowest BCUT2D eigenvalue weighted by Gasteiger charge is -1.96. The Morgan fingerprint density at radius 3 is 2.62 bits per heavy atom. The number of hydrogen-bond acceptors (Lipinski definition) is 1. The molecule has 0 N–H and O–H groups in total. The van der Waals surface area contributed by atoms with Gasteiger partial charge < -0.3 is 0 Å². The smallest absolute Gasteiger partial charge is 0.148 e. The molecule has 0 aliphatic rings. The van der Waals surface area contributed by atoms with Gasteiger partial charge >= 0.3 is 0 Å². The minimum absolute atomic E-state index is 0.322. The minimum Gasteiger partial charge on any atom is -0.253 e. The minimum atomic E-state index is -0.333. The van der Waals surface area contributed by atoms with E-state index >= 15 is 0 Å². The zero-order valence-corrected chi connectivity index (χ0v) is 9.16. The molecule has 3 heteroatoms. The summed E-state index contributed by atoms with van der Waals surface area (Å²) in [7, 11) is 0. The van der Waals surface area contributed by atoms with E-state index in [0.29, 0.717) is 10.7 Å². The molecule has 0 saturated heterocycles. The number of hydrogen-bond donors (Lipinski definition) is 0. The molecule has 0 amide bonds. The van der Waals surface area contributed by atoms with Crippen molar-refractivity contribution < 1.29 is 4.39 Å². The first-order chi connectivity index (χ1) is 7.75. The summed E-state index contributed by atoms with van der Waals surface area (Å²) in [5.74, 6) is -0.333. The molecule has 0 aromatic heterocycles. The van der Waals surface area contributed by atoms with E-state index in [1.807, 2.05) is 12.1 Å². The van der Waals surface area contributed by atoms with Gasteiger partial charge in [-0.3, -0.25) is 4.99 Å². The highest BCUT2D eigenvalue weighted by atomic mass is 35.5. The first kappa shape index (κ1) is 10.8. The van der Waals surface area contributed by atoms with E-state index in [9.17, 15) is 4.39 Å². The number of para-hydroxylation sites is 1. The average Bonchev–Trinajstić information content (AvgIpc) is 2.28. The third-order valence-corrected chi connectivity index (χ3v) is 2.29. The summed E-state index contributed by atoms with van der Waals surface area (Å²) in [6.07, 6.45) is 1.59. The monoisotopic (exact) mass is 233 g/mol. The topological polar surface area (TPSA) is 12.4 Å². The molecule has 1 nitrogen and oxygen atoms in total. The largest absolute Gasteiger partial charge is 0.253 e. The summed E-state index contributed by atoms with van der Waals surface area (Å²) in [5.41, 5.74) is 1.17. The van der Waals surface area contributed by atoms with Crippen molar-refractivity contribution >= 4 is 23.5 Å². The fourth-order valence-corrected chi connectivity index (χ4v) is 1.49. The van der Waals surface area contributed by atoms with Crippen LogP contribution in [0.2, 0.25) is 5.02 Å². The van der Waals surface area contributed by atoms with Gasteiger partial charge in [-0.15, -0.1) is 0 Å². The van der Waals surface area contributed by atoms with Crippen molar-refractivity contribution in [3.05, 3.63) is 64.9 Å². The molecular formula is C13H9ClFN. The van der Waals surface area contributed by atoms with Gasteiger partial charge in [-0.25, -0.2) is 4.39 Å². The van der Waals surface area contributed by atoms with Gasteiger partial charge in [-0.1, -0.05) is 35.9 Å². The normalized spacial score (nSPS) is 10.9. The van der Waals surface area contributed by atoms with Crippen LogP contribution < -0.4 is 0 Å². The molecule has 0 spiro atoms. The summed E-state index contributed by atoms with van der Waals surface area (Å²) in [4.78, 5) is 4.06. The Hall–Kier alpha value is -1.67. The maximum atomic E-state index is 13.2. The van der Waals surface area contributed by atoms with Crippen LogP contribution in [0, 0.1) is 5.82 Å². The van der Waals surface area contributed by atoms with Gasteiger partial charge in [0.1, 0.15) is 5.82 Å². The Morgan fingerprint density at radius 1 is 1.06 bits per heavy atom. The first-order valence-corrected chi connectivity index (χ1v) is 5.18. The van der Waals surface area contributed by atoms with Crippen molar-refractivity contribution in [3.8, 4) is 0 Å². The van der Waals surface area contributed by atoms with Crippen LogP contribution in [0.3, 0.4) is 0 Å².